The first-order valence-electron chi connectivity index (χ1n) is 5.56. The highest BCUT2D eigenvalue weighted by Crippen LogP contribution is 2.36. The Kier molecular flexibility index (Phi) is 3.36. The van der Waals surface area contributed by atoms with Crippen molar-refractivity contribution in [2.24, 2.45) is 0 Å². The van der Waals surface area contributed by atoms with Crippen molar-refractivity contribution in [2.45, 2.75) is 13.8 Å². The summed E-state index contributed by atoms with van der Waals surface area (Å²) in [6.45, 7) is 4.15. The highest BCUT2D eigenvalue weighted by Gasteiger charge is 2.15. The van der Waals surface area contributed by atoms with Gasteiger partial charge in [-0.25, -0.2) is 0 Å². The highest BCUT2D eigenvalue weighted by molar-refractivity contribution is 5.74. The fourth-order valence-corrected chi connectivity index (χ4v) is 1.59. The molecule has 1 aromatic carbocycles. The lowest BCUT2D eigenvalue weighted by atomic mass is 10.1. The second-order valence-corrected chi connectivity index (χ2v) is 3.65. The Labute approximate surface area is 105 Å². The molecule has 0 saturated carbocycles. The zero-order chi connectivity index (χ0) is 13.1. The van der Waals surface area contributed by atoms with E-state index in [0.717, 1.165) is 0 Å². The number of rotatable bonds is 4. The SMILES string of the molecule is CCOc1cc(N)c(-c2nnc(C)o2)cc1OC. The van der Waals surface area contributed by atoms with E-state index in [4.69, 9.17) is 19.6 Å². The normalized spacial score (nSPS) is 10.4. The molecule has 0 aliphatic heterocycles. The number of hydrogen-bond acceptors (Lipinski definition) is 6. The van der Waals surface area contributed by atoms with Crippen molar-refractivity contribution in [1.82, 2.24) is 10.2 Å². The summed E-state index contributed by atoms with van der Waals surface area (Å²) in [4.78, 5) is 0. The van der Waals surface area contributed by atoms with Gasteiger partial charge < -0.3 is 19.6 Å². The summed E-state index contributed by atoms with van der Waals surface area (Å²) in [7, 11) is 1.57. The average molecular weight is 249 g/mol. The Morgan fingerprint density at radius 3 is 2.61 bits per heavy atom. The Bertz CT molecular complexity index is 551. The number of hydrogen-bond donors (Lipinski definition) is 1. The molecule has 96 valence electrons. The van der Waals surface area contributed by atoms with Gasteiger partial charge in [0, 0.05) is 18.7 Å². The maximum atomic E-state index is 5.95. The molecule has 0 spiro atoms. The van der Waals surface area contributed by atoms with Gasteiger partial charge in [-0.1, -0.05) is 0 Å². The lowest BCUT2D eigenvalue weighted by Crippen LogP contribution is -1.99. The minimum absolute atomic E-state index is 0.367. The molecule has 2 rings (SSSR count). The zero-order valence-corrected chi connectivity index (χ0v) is 10.6. The van der Waals surface area contributed by atoms with Gasteiger partial charge in [0.25, 0.3) is 0 Å². The highest BCUT2D eigenvalue weighted by atomic mass is 16.5. The van der Waals surface area contributed by atoms with E-state index in [0.29, 0.717) is 41.1 Å². The van der Waals surface area contributed by atoms with E-state index < -0.39 is 0 Å². The van der Waals surface area contributed by atoms with Gasteiger partial charge in [0.05, 0.1) is 19.3 Å². The molecule has 0 aliphatic carbocycles. The van der Waals surface area contributed by atoms with Gasteiger partial charge in [0.15, 0.2) is 11.5 Å². The summed E-state index contributed by atoms with van der Waals surface area (Å²) in [5, 5.41) is 7.71. The molecule has 18 heavy (non-hydrogen) atoms. The molecule has 0 atom stereocenters. The minimum Gasteiger partial charge on any atom is -0.493 e. The molecule has 0 amide bonds. The second-order valence-electron chi connectivity index (χ2n) is 3.65. The number of nitrogens with zero attached hydrogens (tertiary/aromatic N) is 2. The molecular weight excluding hydrogens is 234 g/mol. The smallest absolute Gasteiger partial charge is 0.249 e. The monoisotopic (exact) mass is 249 g/mol. The predicted molar refractivity (Wildman–Crippen MR) is 66.6 cm³/mol. The van der Waals surface area contributed by atoms with Crippen LogP contribution >= 0.6 is 0 Å². The molecule has 1 heterocycles. The van der Waals surface area contributed by atoms with E-state index in [1.165, 1.54) is 0 Å². The number of nitrogens with two attached hydrogens (primary N) is 1. The molecule has 0 unspecified atom stereocenters. The van der Waals surface area contributed by atoms with Crippen LogP contribution < -0.4 is 15.2 Å². The van der Waals surface area contributed by atoms with Crippen LogP contribution in [0.1, 0.15) is 12.8 Å². The number of nitrogen functional groups attached to an aromatic ring is 1. The van der Waals surface area contributed by atoms with Crippen molar-refractivity contribution in [3.63, 3.8) is 0 Å². The second kappa shape index (κ2) is 4.95. The van der Waals surface area contributed by atoms with Crippen LogP contribution in [0.25, 0.3) is 11.5 Å². The number of ether oxygens (including phenoxy) is 2. The van der Waals surface area contributed by atoms with E-state index in [2.05, 4.69) is 10.2 Å². The van der Waals surface area contributed by atoms with Crippen molar-refractivity contribution in [3.05, 3.63) is 18.0 Å². The van der Waals surface area contributed by atoms with Gasteiger partial charge in [-0.15, -0.1) is 10.2 Å². The van der Waals surface area contributed by atoms with Crippen LogP contribution in [0.5, 0.6) is 11.5 Å². The lowest BCUT2D eigenvalue weighted by molar-refractivity contribution is 0.311. The third-order valence-corrected chi connectivity index (χ3v) is 2.39. The quantitative estimate of drug-likeness (QED) is 0.835. The van der Waals surface area contributed by atoms with Crippen molar-refractivity contribution < 1.29 is 13.9 Å². The Morgan fingerprint density at radius 2 is 2.06 bits per heavy atom. The van der Waals surface area contributed by atoms with Gasteiger partial charge >= 0.3 is 0 Å². The van der Waals surface area contributed by atoms with E-state index in [-0.39, 0.29) is 0 Å². The minimum atomic E-state index is 0.367. The van der Waals surface area contributed by atoms with E-state index in [1.807, 2.05) is 6.92 Å². The van der Waals surface area contributed by atoms with Gasteiger partial charge in [0.2, 0.25) is 11.8 Å². The van der Waals surface area contributed by atoms with Crippen molar-refractivity contribution in [2.75, 3.05) is 19.5 Å². The Balaban J connectivity index is 2.49. The number of methoxy groups -OCH3 is 1. The first-order chi connectivity index (χ1) is 8.65. The standard InChI is InChI=1S/C12H15N3O3/c1-4-17-11-6-9(13)8(5-10(11)16-3)12-15-14-7(2)18-12/h5-6H,4,13H2,1-3H3. The average Bonchev–Trinajstić information content (AvgIpc) is 2.76. The maximum Gasteiger partial charge on any atom is 0.249 e. The summed E-state index contributed by atoms with van der Waals surface area (Å²) in [6.07, 6.45) is 0. The number of anilines is 1. The van der Waals surface area contributed by atoms with E-state index >= 15 is 0 Å². The number of aromatic nitrogens is 2. The third-order valence-electron chi connectivity index (χ3n) is 2.39. The Hall–Kier alpha value is -2.24. The van der Waals surface area contributed by atoms with Crippen LogP contribution in [0, 0.1) is 6.92 Å². The number of benzene rings is 1. The van der Waals surface area contributed by atoms with Crippen LogP contribution in [-0.2, 0) is 0 Å². The van der Waals surface area contributed by atoms with E-state index in [9.17, 15) is 0 Å². The van der Waals surface area contributed by atoms with Crippen LogP contribution in [0.2, 0.25) is 0 Å². The lowest BCUT2D eigenvalue weighted by Gasteiger charge is -2.11. The summed E-state index contributed by atoms with van der Waals surface area (Å²) >= 11 is 0. The molecule has 0 fully saturated rings. The molecule has 0 bridgehead atoms. The summed E-state index contributed by atoms with van der Waals surface area (Å²) < 4.78 is 16.0. The molecule has 2 aromatic rings. The molecule has 6 heteroatoms. The summed E-state index contributed by atoms with van der Waals surface area (Å²) in [5.74, 6) is 2.03. The van der Waals surface area contributed by atoms with E-state index in [1.54, 1.807) is 26.2 Å². The van der Waals surface area contributed by atoms with Gasteiger partial charge in [-0.3, -0.25) is 0 Å². The zero-order valence-electron chi connectivity index (χ0n) is 10.6. The topological polar surface area (TPSA) is 83.4 Å². The van der Waals surface area contributed by atoms with Crippen LogP contribution in [0.4, 0.5) is 5.69 Å². The van der Waals surface area contributed by atoms with Gasteiger partial charge in [-0.05, 0) is 13.0 Å². The van der Waals surface area contributed by atoms with Gasteiger partial charge in [0.1, 0.15) is 0 Å². The summed E-state index contributed by atoms with van der Waals surface area (Å²) in [6, 6.07) is 3.42. The van der Waals surface area contributed by atoms with Gasteiger partial charge in [-0.2, -0.15) is 0 Å². The van der Waals surface area contributed by atoms with Crippen LogP contribution in [0.3, 0.4) is 0 Å². The van der Waals surface area contributed by atoms with Crippen molar-refractivity contribution in [1.29, 1.82) is 0 Å². The molecule has 6 nitrogen and oxygen atoms in total. The molecular formula is C12H15N3O3. The molecule has 0 saturated heterocycles. The maximum absolute atomic E-state index is 5.95. The first kappa shape index (κ1) is 12.2. The predicted octanol–water partition coefficient (Wildman–Crippen LogP) is 2.03. The number of aryl methyl sites for hydroxylation is 1. The fourth-order valence-electron chi connectivity index (χ4n) is 1.59. The van der Waals surface area contributed by atoms with Crippen LogP contribution in [-0.4, -0.2) is 23.9 Å². The largest absolute Gasteiger partial charge is 0.493 e. The van der Waals surface area contributed by atoms with Crippen molar-refractivity contribution in [3.8, 4) is 23.0 Å². The van der Waals surface area contributed by atoms with Crippen molar-refractivity contribution >= 4 is 5.69 Å². The first-order valence-corrected chi connectivity index (χ1v) is 5.56. The fraction of sp³-hybridized carbons (Fsp3) is 0.333. The summed E-state index contributed by atoms with van der Waals surface area (Å²) in [5.41, 5.74) is 7.09. The third kappa shape index (κ3) is 2.22. The molecule has 2 N–H and O–H groups in total. The molecule has 1 aromatic heterocycles. The molecule has 0 aliphatic rings. The Morgan fingerprint density at radius 1 is 1.28 bits per heavy atom. The molecule has 0 radical (unpaired) electrons. The van der Waals surface area contributed by atoms with Crippen LogP contribution in [0.15, 0.2) is 16.5 Å².